The summed E-state index contributed by atoms with van der Waals surface area (Å²) in [5, 5.41) is 44.8. The Balaban J connectivity index is 0.000000271. The average Bonchev–Trinajstić information content (AvgIpc) is 3.97. The predicted molar refractivity (Wildman–Crippen MR) is 261 cm³/mol. The normalized spacial score (nSPS) is 15.4. The minimum atomic E-state index is -1.40. The van der Waals surface area contributed by atoms with Crippen LogP contribution in [0.1, 0.15) is 164 Å². The fourth-order valence-electron chi connectivity index (χ4n) is 8.98. The summed E-state index contributed by atoms with van der Waals surface area (Å²) in [4.78, 5) is 145. The van der Waals surface area contributed by atoms with Crippen LogP contribution in [0, 0.1) is 23.7 Å². The third-order valence-corrected chi connectivity index (χ3v) is 12.4. The number of imide groups is 4. The molecule has 0 unspecified atom stereocenters. The Kier molecular flexibility index (Phi) is 23.1. The van der Waals surface area contributed by atoms with Crippen molar-refractivity contribution < 1.29 is 117 Å². The minimum Gasteiger partial charge on any atom is -0.548 e. The van der Waals surface area contributed by atoms with E-state index in [-0.39, 0.29) is 133 Å². The second-order valence-corrected chi connectivity index (χ2v) is 20.0. The summed E-state index contributed by atoms with van der Waals surface area (Å²) in [6, 6.07) is 20.5. The van der Waals surface area contributed by atoms with Crippen molar-refractivity contribution in [1.29, 1.82) is 0 Å². The van der Waals surface area contributed by atoms with Gasteiger partial charge in [0, 0.05) is 0 Å². The van der Waals surface area contributed by atoms with E-state index in [1.807, 2.05) is 55.4 Å². The fraction of sp³-hybridized carbons (Fsp3) is 0.357. The smallest absolute Gasteiger partial charge is 0.548 e. The molecule has 20 nitrogen and oxygen atoms in total. The molecule has 22 heteroatoms. The van der Waals surface area contributed by atoms with Crippen molar-refractivity contribution in [2.75, 3.05) is 0 Å². The van der Waals surface area contributed by atoms with E-state index in [0.29, 0.717) is 0 Å². The molecule has 0 saturated heterocycles. The molecule has 4 aromatic rings. The molecule has 0 aliphatic carbocycles. The summed E-state index contributed by atoms with van der Waals surface area (Å²) in [5.41, 5.74) is 2.02. The van der Waals surface area contributed by atoms with Crippen LogP contribution in [0.25, 0.3) is 0 Å². The minimum absolute atomic E-state index is 0. The van der Waals surface area contributed by atoms with Gasteiger partial charge >= 0.3 is 39.0 Å². The molecule has 4 aliphatic heterocycles. The molecule has 4 heterocycles. The number of carboxylic acid groups (broad SMARTS) is 4. The van der Waals surface area contributed by atoms with Gasteiger partial charge in [-0.2, -0.15) is 0 Å². The van der Waals surface area contributed by atoms with Gasteiger partial charge in [0.1, 0.15) is 0 Å². The summed E-state index contributed by atoms with van der Waals surface area (Å²) in [6.07, 6.45) is 0.753. The molecule has 4 atom stereocenters. The zero-order valence-corrected chi connectivity index (χ0v) is 46.9. The second-order valence-electron chi connectivity index (χ2n) is 20.0. The molecule has 8 rings (SSSR count). The second kappa shape index (κ2) is 27.7. The first kappa shape index (κ1) is 64.9. The van der Waals surface area contributed by atoms with Crippen LogP contribution in [0.4, 0.5) is 0 Å². The van der Waals surface area contributed by atoms with Gasteiger partial charge in [0.25, 0.3) is 47.3 Å². The topological polar surface area (TPSA) is 310 Å². The van der Waals surface area contributed by atoms with Crippen molar-refractivity contribution in [3.63, 3.8) is 0 Å². The number of carboxylic acids is 4. The van der Waals surface area contributed by atoms with Gasteiger partial charge in [-0.1, -0.05) is 104 Å². The first-order valence-electron chi connectivity index (χ1n) is 24.4. The van der Waals surface area contributed by atoms with Gasteiger partial charge in [-0.05, 0) is 97.9 Å². The molecule has 8 amide bonds. The molecule has 2 radical (unpaired) electrons. The number of aliphatic carboxylic acids is 4. The number of hydrogen-bond donors (Lipinski definition) is 0. The van der Waals surface area contributed by atoms with E-state index in [1.54, 1.807) is 48.5 Å². The number of fused-ring (bicyclic) bond motifs is 4. The SMILES string of the molecule is CC(C)C[C@H](C(=O)[O-])N1C(=O)c2ccccc2C1=O.CC(C)C[C@H](C(=O)[O-])N1C(=O)c2ccccc2C1=O.CC(C)C[C@H](C(=O)[O-])N1C(=O)c2ccccc2C1=O.CC(C)C[C@H](C(=O)[O-])N1C(=O)c2ccccc2C1=O.[Rh+2].[Rh+2]. The Morgan fingerprint density at radius 1 is 0.295 bits per heavy atom. The largest absolute Gasteiger partial charge is 2.00 e. The molecule has 0 saturated carbocycles. The molecular weight excluding hydrogens is 1190 g/mol. The maximum atomic E-state index is 12.1. The molecular formula is C56H56N4O16Rh2. The van der Waals surface area contributed by atoms with E-state index in [2.05, 4.69) is 0 Å². The Morgan fingerprint density at radius 2 is 0.410 bits per heavy atom. The summed E-state index contributed by atoms with van der Waals surface area (Å²) in [5.74, 6) is -9.94. The number of amides is 8. The van der Waals surface area contributed by atoms with Gasteiger partial charge in [0.2, 0.25) is 0 Å². The van der Waals surface area contributed by atoms with Crippen LogP contribution in [0.15, 0.2) is 97.1 Å². The van der Waals surface area contributed by atoms with Crippen LogP contribution in [0.5, 0.6) is 0 Å². The van der Waals surface area contributed by atoms with E-state index in [9.17, 15) is 78.0 Å². The van der Waals surface area contributed by atoms with E-state index in [1.165, 1.54) is 48.5 Å². The number of carbonyl (C=O) groups is 12. The Labute approximate surface area is 475 Å². The molecule has 0 bridgehead atoms. The maximum Gasteiger partial charge on any atom is 2.00 e. The predicted octanol–water partition coefficient (Wildman–Crippen LogP) is 1.78. The molecule has 4 aromatic carbocycles. The molecule has 0 aromatic heterocycles. The third kappa shape index (κ3) is 14.2. The van der Waals surface area contributed by atoms with Gasteiger partial charge in [0.05, 0.1) is 92.6 Å². The van der Waals surface area contributed by atoms with Crippen LogP contribution in [-0.2, 0) is 58.1 Å². The monoisotopic (exact) mass is 1250 g/mol. The molecule has 4 aliphatic rings. The molecule has 0 fully saturated rings. The van der Waals surface area contributed by atoms with Crippen LogP contribution in [-0.4, -0.2) is 115 Å². The Hall–Kier alpha value is -7.43. The quantitative estimate of drug-likeness (QED) is 0.114. The molecule has 0 spiro atoms. The van der Waals surface area contributed by atoms with Gasteiger partial charge in [-0.3, -0.25) is 58.0 Å². The zero-order chi connectivity index (χ0) is 56.6. The summed E-state index contributed by atoms with van der Waals surface area (Å²) >= 11 is 0. The van der Waals surface area contributed by atoms with Crippen LogP contribution in [0.2, 0.25) is 0 Å². The molecule has 78 heavy (non-hydrogen) atoms. The van der Waals surface area contributed by atoms with Crippen molar-refractivity contribution >= 4 is 71.1 Å². The van der Waals surface area contributed by atoms with E-state index in [0.717, 1.165) is 19.6 Å². The molecule has 414 valence electrons. The summed E-state index contributed by atoms with van der Waals surface area (Å²) < 4.78 is 0. The van der Waals surface area contributed by atoms with Crippen LogP contribution in [0.3, 0.4) is 0 Å². The first-order valence-corrected chi connectivity index (χ1v) is 24.4. The van der Waals surface area contributed by atoms with Gasteiger partial charge in [-0.25, -0.2) is 0 Å². The van der Waals surface area contributed by atoms with Crippen LogP contribution >= 0.6 is 0 Å². The number of hydrogen-bond acceptors (Lipinski definition) is 16. The number of nitrogens with zero attached hydrogens (tertiary/aromatic N) is 4. The average molecular weight is 1250 g/mol. The number of rotatable bonds is 16. The number of benzene rings is 4. The van der Waals surface area contributed by atoms with Crippen molar-refractivity contribution in [3.05, 3.63) is 142 Å². The maximum absolute atomic E-state index is 12.1. The van der Waals surface area contributed by atoms with Gasteiger partial charge < -0.3 is 39.6 Å². The fourth-order valence-corrected chi connectivity index (χ4v) is 8.98. The van der Waals surface area contributed by atoms with Gasteiger partial charge in [0.15, 0.2) is 0 Å². The van der Waals surface area contributed by atoms with E-state index < -0.39 is 95.3 Å². The van der Waals surface area contributed by atoms with E-state index in [4.69, 9.17) is 0 Å². The summed E-state index contributed by atoms with van der Waals surface area (Å²) in [6.45, 7) is 14.6. The van der Waals surface area contributed by atoms with Crippen molar-refractivity contribution in [3.8, 4) is 0 Å². The van der Waals surface area contributed by atoms with Crippen molar-refractivity contribution in [2.24, 2.45) is 23.7 Å². The molecule has 0 N–H and O–H groups in total. The number of carbonyl (C=O) groups excluding carboxylic acids is 12. The summed E-state index contributed by atoms with van der Waals surface area (Å²) in [7, 11) is 0. The van der Waals surface area contributed by atoms with Crippen molar-refractivity contribution in [1.82, 2.24) is 19.6 Å². The Morgan fingerprint density at radius 3 is 0.500 bits per heavy atom. The Bertz CT molecular complexity index is 2470. The standard InChI is InChI=1S/4C14H15NO4.2Rh/c4*1-8(2)7-11(14(18)19)15-12(16)9-5-3-4-6-10(9)13(15)17;;/h4*3-6,8,11H,7H2,1-2H3,(H,18,19);;/q;;;;2*+2/p-4/t4*11-;;/m1111../s1. The zero-order valence-electron chi connectivity index (χ0n) is 43.7. The first-order chi connectivity index (χ1) is 35.7. The third-order valence-electron chi connectivity index (χ3n) is 12.4. The van der Waals surface area contributed by atoms with Crippen molar-refractivity contribution in [2.45, 2.75) is 105 Å². The van der Waals surface area contributed by atoms with E-state index >= 15 is 0 Å². The van der Waals surface area contributed by atoms with Crippen LogP contribution < -0.4 is 20.4 Å². The van der Waals surface area contributed by atoms with Gasteiger partial charge in [-0.15, -0.1) is 0 Å².